The molecule has 0 aliphatic carbocycles. The highest BCUT2D eigenvalue weighted by atomic mass is 32.2. The average molecular weight is 614 g/mol. The van der Waals surface area contributed by atoms with E-state index in [-0.39, 0.29) is 29.5 Å². The van der Waals surface area contributed by atoms with Gasteiger partial charge in [0.25, 0.3) is 10.0 Å². The molecule has 4 rings (SSSR count). The Morgan fingerprint density at radius 3 is 2.09 bits per heavy atom. The van der Waals surface area contributed by atoms with Crippen molar-refractivity contribution in [3.8, 4) is 5.75 Å². The minimum absolute atomic E-state index is 0.0362. The van der Waals surface area contributed by atoms with Gasteiger partial charge in [-0.15, -0.1) is 0 Å². The fourth-order valence-electron chi connectivity index (χ4n) is 4.99. The van der Waals surface area contributed by atoms with E-state index < -0.39 is 28.5 Å². The minimum Gasteiger partial charge on any atom is -0.492 e. The molecule has 4 aromatic carbocycles. The van der Waals surface area contributed by atoms with Gasteiger partial charge in [-0.2, -0.15) is 0 Å². The molecule has 2 amide bonds. The largest absolute Gasteiger partial charge is 0.492 e. The van der Waals surface area contributed by atoms with Crippen LogP contribution < -0.4 is 14.4 Å². The Morgan fingerprint density at radius 1 is 0.818 bits per heavy atom. The first-order valence-electron chi connectivity index (χ1n) is 14.7. The van der Waals surface area contributed by atoms with Crippen LogP contribution in [0.1, 0.15) is 30.5 Å². The number of hydrogen-bond donors (Lipinski definition) is 1. The van der Waals surface area contributed by atoms with E-state index in [9.17, 15) is 18.0 Å². The summed E-state index contributed by atoms with van der Waals surface area (Å²) < 4.78 is 35.2. The quantitative estimate of drug-likeness (QED) is 0.207. The number of amides is 2. The number of carbonyl (C=O) groups excluding carboxylic acids is 2. The number of anilines is 1. The van der Waals surface area contributed by atoms with Gasteiger partial charge in [-0.3, -0.25) is 13.9 Å². The van der Waals surface area contributed by atoms with Gasteiger partial charge in [0.05, 0.1) is 17.2 Å². The number of carbonyl (C=O) groups is 2. The smallest absolute Gasteiger partial charge is 0.264 e. The molecular formula is C35H39N3O5S. The van der Waals surface area contributed by atoms with E-state index in [0.29, 0.717) is 18.9 Å². The lowest BCUT2D eigenvalue weighted by molar-refractivity contribution is -0.140. The van der Waals surface area contributed by atoms with Crippen LogP contribution in [0.15, 0.2) is 114 Å². The number of para-hydroxylation sites is 2. The predicted molar refractivity (Wildman–Crippen MR) is 173 cm³/mol. The van der Waals surface area contributed by atoms with E-state index in [4.69, 9.17) is 4.74 Å². The van der Waals surface area contributed by atoms with Gasteiger partial charge in [0, 0.05) is 19.5 Å². The van der Waals surface area contributed by atoms with Crippen molar-refractivity contribution in [3.63, 3.8) is 0 Å². The molecule has 0 aliphatic rings. The fraction of sp³-hybridized carbons (Fsp3) is 0.257. The lowest BCUT2D eigenvalue weighted by Crippen LogP contribution is -2.53. The molecule has 0 aliphatic heterocycles. The molecular weight excluding hydrogens is 574 g/mol. The van der Waals surface area contributed by atoms with Crippen LogP contribution in [0.2, 0.25) is 0 Å². The van der Waals surface area contributed by atoms with Crippen LogP contribution in [0.5, 0.6) is 5.75 Å². The third kappa shape index (κ3) is 7.85. The maximum absolute atomic E-state index is 14.5. The summed E-state index contributed by atoms with van der Waals surface area (Å²) >= 11 is 0. The summed E-state index contributed by atoms with van der Waals surface area (Å²) in [4.78, 5) is 29.7. The topological polar surface area (TPSA) is 96.0 Å². The number of sulfonamides is 1. The Labute approximate surface area is 260 Å². The van der Waals surface area contributed by atoms with Crippen LogP contribution in [0, 0.1) is 6.92 Å². The van der Waals surface area contributed by atoms with E-state index in [2.05, 4.69) is 5.32 Å². The number of benzene rings is 4. The zero-order valence-electron chi connectivity index (χ0n) is 25.3. The molecule has 1 N–H and O–H groups in total. The summed E-state index contributed by atoms with van der Waals surface area (Å²) in [5, 5.41) is 2.88. The molecule has 4 aromatic rings. The second-order valence-corrected chi connectivity index (χ2v) is 12.1. The molecule has 230 valence electrons. The molecule has 0 spiro atoms. The third-order valence-electron chi connectivity index (χ3n) is 7.27. The highest BCUT2D eigenvalue weighted by Crippen LogP contribution is 2.33. The standard InChI is InChI=1S/C35H39N3O5S/c1-4-36-35(40)32(24-28-17-8-6-9-18-28)37(25-29-19-13-12-16-27(29)3)34(39)26-38(31-22-14-15-23-33(31)43-5-2)44(41,42)30-20-10-7-11-21-30/h6-23,32H,4-5,24-26H2,1-3H3,(H,36,40). The Morgan fingerprint density at radius 2 is 1.43 bits per heavy atom. The molecule has 9 heteroatoms. The van der Waals surface area contributed by atoms with Gasteiger partial charge in [0.15, 0.2) is 0 Å². The first-order chi connectivity index (χ1) is 21.3. The Kier molecular flexibility index (Phi) is 11.2. The van der Waals surface area contributed by atoms with Gasteiger partial charge in [-0.25, -0.2) is 8.42 Å². The molecule has 1 atom stereocenters. The van der Waals surface area contributed by atoms with Crippen molar-refractivity contribution >= 4 is 27.5 Å². The van der Waals surface area contributed by atoms with Gasteiger partial charge in [0.1, 0.15) is 18.3 Å². The molecule has 0 saturated carbocycles. The maximum atomic E-state index is 14.5. The molecule has 0 saturated heterocycles. The lowest BCUT2D eigenvalue weighted by atomic mass is 10.0. The van der Waals surface area contributed by atoms with Crippen LogP contribution in [0.4, 0.5) is 5.69 Å². The number of ether oxygens (including phenoxy) is 1. The zero-order chi connectivity index (χ0) is 31.5. The van der Waals surface area contributed by atoms with Crippen molar-refractivity contribution in [2.45, 2.75) is 44.7 Å². The first-order valence-corrected chi connectivity index (χ1v) is 16.2. The zero-order valence-corrected chi connectivity index (χ0v) is 26.2. The summed E-state index contributed by atoms with van der Waals surface area (Å²) in [5.41, 5.74) is 2.92. The number of likely N-dealkylation sites (N-methyl/N-ethyl adjacent to an activating group) is 1. The van der Waals surface area contributed by atoms with Crippen molar-refractivity contribution in [1.82, 2.24) is 10.2 Å². The summed E-state index contributed by atoms with van der Waals surface area (Å²) in [6.45, 7) is 5.84. The lowest BCUT2D eigenvalue weighted by Gasteiger charge is -2.34. The molecule has 44 heavy (non-hydrogen) atoms. The van der Waals surface area contributed by atoms with Crippen LogP contribution >= 0.6 is 0 Å². The van der Waals surface area contributed by atoms with Crippen molar-refractivity contribution in [3.05, 3.63) is 126 Å². The third-order valence-corrected chi connectivity index (χ3v) is 9.04. The minimum atomic E-state index is -4.21. The van der Waals surface area contributed by atoms with Gasteiger partial charge >= 0.3 is 0 Å². The van der Waals surface area contributed by atoms with E-state index in [1.54, 1.807) is 42.5 Å². The van der Waals surface area contributed by atoms with Crippen LogP contribution in [-0.4, -0.2) is 50.9 Å². The van der Waals surface area contributed by atoms with Crippen LogP contribution in [-0.2, 0) is 32.6 Å². The summed E-state index contributed by atoms with van der Waals surface area (Å²) in [5.74, 6) is -0.506. The number of aryl methyl sites for hydroxylation is 1. The van der Waals surface area contributed by atoms with Crippen LogP contribution in [0.3, 0.4) is 0 Å². The number of nitrogens with one attached hydrogen (secondary N) is 1. The summed E-state index contributed by atoms with van der Waals surface area (Å²) in [6.07, 6.45) is 0.255. The van der Waals surface area contributed by atoms with E-state index in [1.807, 2.05) is 75.4 Å². The van der Waals surface area contributed by atoms with Crippen molar-refractivity contribution in [1.29, 1.82) is 0 Å². The highest BCUT2D eigenvalue weighted by molar-refractivity contribution is 7.92. The van der Waals surface area contributed by atoms with E-state index >= 15 is 0 Å². The predicted octanol–water partition coefficient (Wildman–Crippen LogP) is 5.37. The SMILES string of the molecule is CCNC(=O)C(Cc1ccccc1)N(Cc1ccccc1C)C(=O)CN(c1ccccc1OCC)S(=O)(=O)c1ccccc1. The van der Waals surface area contributed by atoms with Gasteiger partial charge < -0.3 is 15.0 Å². The molecule has 0 bridgehead atoms. The Bertz CT molecular complexity index is 1650. The van der Waals surface area contributed by atoms with Gasteiger partial charge in [0.2, 0.25) is 11.8 Å². The van der Waals surface area contributed by atoms with E-state index in [0.717, 1.165) is 21.0 Å². The number of nitrogens with zero attached hydrogens (tertiary/aromatic N) is 2. The molecule has 1 unspecified atom stereocenters. The van der Waals surface area contributed by atoms with Crippen molar-refractivity contribution in [2.75, 3.05) is 24.0 Å². The number of rotatable bonds is 14. The second kappa shape index (κ2) is 15.2. The maximum Gasteiger partial charge on any atom is 0.264 e. The second-order valence-electron chi connectivity index (χ2n) is 10.3. The summed E-state index contributed by atoms with van der Waals surface area (Å²) in [6, 6.07) is 31.0. The van der Waals surface area contributed by atoms with Crippen molar-refractivity contribution in [2.24, 2.45) is 0 Å². The molecule has 0 heterocycles. The van der Waals surface area contributed by atoms with Gasteiger partial charge in [-0.1, -0.05) is 84.9 Å². The van der Waals surface area contributed by atoms with Gasteiger partial charge in [-0.05, 0) is 61.7 Å². The monoisotopic (exact) mass is 613 g/mol. The average Bonchev–Trinajstić information content (AvgIpc) is 3.04. The molecule has 0 aromatic heterocycles. The number of hydrogen-bond acceptors (Lipinski definition) is 5. The normalized spacial score (nSPS) is 11.8. The Hall–Kier alpha value is -4.63. The fourth-order valence-corrected chi connectivity index (χ4v) is 6.44. The molecule has 0 radical (unpaired) electrons. The van der Waals surface area contributed by atoms with E-state index in [1.165, 1.54) is 17.0 Å². The summed E-state index contributed by atoms with van der Waals surface area (Å²) in [7, 11) is -4.21. The van der Waals surface area contributed by atoms with Crippen LogP contribution in [0.25, 0.3) is 0 Å². The Balaban J connectivity index is 1.83. The molecule has 0 fully saturated rings. The molecule has 8 nitrogen and oxygen atoms in total. The highest BCUT2D eigenvalue weighted by Gasteiger charge is 2.35. The first kappa shape index (κ1) is 32.3. The van der Waals surface area contributed by atoms with Crippen molar-refractivity contribution < 1.29 is 22.7 Å².